The van der Waals surface area contributed by atoms with E-state index in [-0.39, 0.29) is 0 Å². The van der Waals surface area contributed by atoms with Crippen molar-refractivity contribution >= 4 is 6.29 Å². The highest BCUT2D eigenvalue weighted by Gasteiger charge is 2.08. The third kappa shape index (κ3) is 1.31. The van der Waals surface area contributed by atoms with Crippen molar-refractivity contribution in [3.05, 3.63) is 36.2 Å². The minimum Gasteiger partial charge on any atom is -0.317 e. The molecule has 0 unspecified atom stereocenters. The van der Waals surface area contributed by atoms with Crippen molar-refractivity contribution in [2.45, 2.75) is 0 Å². The topological polar surface area (TPSA) is 47.8 Å². The van der Waals surface area contributed by atoms with E-state index in [0.717, 1.165) is 11.8 Å². The van der Waals surface area contributed by atoms with Gasteiger partial charge in [-0.25, -0.2) is 0 Å². The third-order valence-corrected chi connectivity index (χ3v) is 2.04. The van der Waals surface area contributed by atoms with Crippen molar-refractivity contribution in [2.24, 2.45) is 7.05 Å². The lowest BCUT2D eigenvalue weighted by atomic mass is 10.1. The van der Waals surface area contributed by atoms with E-state index >= 15 is 0 Å². The fourth-order valence-electron chi connectivity index (χ4n) is 1.33. The smallest absolute Gasteiger partial charge is 0.164 e. The van der Waals surface area contributed by atoms with E-state index in [1.165, 1.54) is 0 Å². The Morgan fingerprint density at radius 2 is 2.14 bits per heavy atom. The normalized spacial score (nSPS) is 10.1. The lowest BCUT2D eigenvalue weighted by Crippen LogP contribution is -1.94. The zero-order chi connectivity index (χ0) is 9.97. The number of aryl methyl sites for hydroxylation is 1. The van der Waals surface area contributed by atoms with Crippen molar-refractivity contribution < 1.29 is 4.79 Å². The molecular weight excluding hydrogens is 178 g/mol. The number of carbonyl (C=O) groups excluding carboxylic acids is 1. The fourth-order valence-corrected chi connectivity index (χ4v) is 1.33. The van der Waals surface area contributed by atoms with Gasteiger partial charge in [-0.3, -0.25) is 4.79 Å². The van der Waals surface area contributed by atoms with Crippen LogP contribution in [0.4, 0.5) is 0 Å². The van der Waals surface area contributed by atoms with Crippen LogP contribution < -0.4 is 0 Å². The van der Waals surface area contributed by atoms with Gasteiger partial charge in [0.15, 0.2) is 12.1 Å². The maximum atomic E-state index is 10.8. The maximum absolute atomic E-state index is 10.8. The summed E-state index contributed by atoms with van der Waals surface area (Å²) in [6.45, 7) is 0. The summed E-state index contributed by atoms with van der Waals surface area (Å²) in [6.07, 6.45) is 2.43. The summed E-state index contributed by atoms with van der Waals surface area (Å²) in [4.78, 5) is 10.8. The van der Waals surface area contributed by atoms with Crippen LogP contribution in [0.3, 0.4) is 0 Å². The Balaban J connectivity index is 2.62. The molecular formula is C10H9N3O. The fraction of sp³-hybridized carbons (Fsp3) is 0.100. The van der Waals surface area contributed by atoms with Gasteiger partial charge in [-0.05, 0) is 0 Å². The Morgan fingerprint density at radius 3 is 2.79 bits per heavy atom. The molecule has 0 bridgehead atoms. The van der Waals surface area contributed by atoms with Crippen molar-refractivity contribution in [1.82, 2.24) is 14.8 Å². The van der Waals surface area contributed by atoms with Crippen LogP contribution in [-0.2, 0) is 7.05 Å². The summed E-state index contributed by atoms with van der Waals surface area (Å²) in [6, 6.07) is 7.31. The first-order chi connectivity index (χ1) is 6.83. The van der Waals surface area contributed by atoms with Crippen LogP contribution in [0.25, 0.3) is 11.4 Å². The molecule has 0 aliphatic carbocycles. The Hall–Kier alpha value is -1.97. The van der Waals surface area contributed by atoms with Crippen LogP contribution in [-0.4, -0.2) is 21.1 Å². The largest absolute Gasteiger partial charge is 0.317 e. The minimum absolute atomic E-state index is 0.628. The summed E-state index contributed by atoms with van der Waals surface area (Å²) < 4.78 is 1.78. The molecule has 0 aliphatic heterocycles. The highest BCUT2D eigenvalue weighted by atomic mass is 16.1. The van der Waals surface area contributed by atoms with E-state index < -0.39 is 0 Å². The van der Waals surface area contributed by atoms with Crippen molar-refractivity contribution in [3.8, 4) is 11.4 Å². The second-order valence-electron chi connectivity index (χ2n) is 2.97. The van der Waals surface area contributed by atoms with Crippen LogP contribution in [0, 0.1) is 0 Å². The lowest BCUT2D eigenvalue weighted by Gasteiger charge is -2.02. The van der Waals surface area contributed by atoms with E-state index in [1.54, 1.807) is 17.0 Å². The number of nitrogens with zero attached hydrogens (tertiary/aromatic N) is 3. The molecule has 0 N–H and O–H groups in total. The molecule has 0 amide bonds. The van der Waals surface area contributed by atoms with Crippen molar-refractivity contribution in [3.63, 3.8) is 0 Å². The standard InChI is InChI=1S/C10H9N3O/c1-13-7-11-12-10(13)9-5-3-2-4-8(9)6-14/h2-7H,1H3. The molecule has 0 radical (unpaired) electrons. The molecule has 70 valence electrons. The predicted octanol–water partition coefficient (Wildman–Crippen LogP) is 1.29. The van der Waals surface area contributed by atoms with E-state index in [1.807, 2.05) is 25.2 Å². The molecule has 1 heterocycles. The molecule has 4 heteroatoms. The van der Waals surface area contributed by atoms with Gasteiger partial charge < -0.3 is 4.57 Å². The molecule has 0 saturated heterocycles. The number of rotatable bonds is 2. The lowest BCUT2D eigenvalue weighted by molar-refractivity contribution is 0.112. The average Bonchev–Trinajstić information content (AvgIpc) is 2.64. The third-order valence-electron chi connectivity index (χ3n) is 2.04. The van der Waals surface area contributed by atoms with E-state index in [2.05, 4.69) is 10.2 Å². The molecule has 0 fully saturated rings. The minimum atomic E-state index is 0.628. The van der Waals surface area contributed by atoms with Crippen LogP contribution in [0.15, 0.2) is 30.6 Å². The first-order valence-corrected chi connectivity index (χ1v) is 4.21. The summed E-state index contributed by atoms with van der Waals surface area (Å²) in [7, 11) is 1.84. The van der Waals surface area contributed by atoms with Gasteiger partial charge in [-0.15, -0.1) is 10.2 Å². The number of aldehydes is 1. The molecule has 2 aromatic rings. The first-order valence-electron chi connectivity index (χ1n) is 4.21. The zero-order valence-electron chi connectivity index (χ0n) is 7.71. The molecule has 0 saturated carbocycles. The van der Waals surface area contributed by atoms with Gasteiger partial charge in [0.2, 0.25) is 0 Å². The monoisotopic (exact) mass is 187 g/mol. The molecule has 0 aliphatic rings. The number of benzene rings is 1. The van der Waals surface area contributed by atoms with Gasteiger partial charge >= 0.3 is 0 Å². The number of hydrogen-bond donors (Lipinski definition) is 0. The quantitative estimate of drug-likeness (QED) is 0.665. The average molecular weight is 187 g/mol. The van der Waals surface area contributed by atoms with Gasteiger partial charge in [0.25, 0.3) is 0 Å². The van der Waals surface area contributed by atoms with Gasteiger partial charge in [-0.1, -0.05) is 24.3 Å². The van der Waals surface area contributed by atoms with Crippen LogP contribution in [0.1, 0.15) is 10.4 Å². The van der Waals surface area contributed by atoms with Crippen molar-refractivity contribution in [2.75, 3.05) is 0 Å². The highest BCUT2D eigenvalue weighted by Crippen LogP contribution is 2.18. The molecule has 0 spiro atoms. The van der Waals surface area contributed by atoms with Crippen LogP contribution in [0.2, 0.25) is 0 Å². The number of aromatic nitrogens is 3. The summed E-state index contributed by atoms with van der Waals surface area (Å²) in [5.41, 5.74) is 1.44. The Kier molecular flexibility index (Phi) is 2.10. The molecule has 1 aromatic heterocycles. The van der Waals surface area contributed by atoms with Gasteiger partial charge in [0.1, 0.15) is 6.33 Å². The predicted molar refractivity (Wildman–Crippen MR) is 51.8 cm³/mol. The van der Waals surface area contributed by atoms with Crippen LogP contribution in [0.5, 0.6) is 0 Å². The highest BCUT2D eigenvalue weighted by molar-refractivity contribution is 5.85. The summed E-state index contributed by atoms with van der Waals surface area (Å²) >= 11 is 0. The van der Waals surface area contributed by atoms with Gasteiger partial charge in [-0.2, -0.15) is 0 Å². The number of hydrogen-bond acceptors (Lipinski definition) is 3. The second-order valence-corrected chi connectivity index (χ2v) is 2.97. The van der Waals surface area contributed by atoms with Gasteiger partial charge in [0, 0.05) is 18.2 Å². The molecule has 0 atom stereocenters. The Bertz CT molecular complexity index is 462. The van der Waals surface area contributed by atoms with Crippen molar-refractivity contribution in [1.29, 1.82) is 0 Å². The van der Waals surface area contributed by atoms with Crippen LogP contribution >= 0.6 is 0 Å². The Morgan fingerprint density at radius 1 is 1.36 bits per heavy atom. The molecule has 4 nitrogen and oxygen atoms in total. The molecule has 2 rings (SSSR count). The van der Waals surface area contributed by atoms with Gasteiger partial charge in [0.05, 0.1) is 0 Å². The van der Waals surface area contributed by atoms with E-state index in [0.29, 0.717) is 11.4 Å². The SMILES string of the molecule is Cn1cnnc1-c1ccccc1C=O. The first kappa shape index (κ1) is 8.62. The Labute approximate surface area is 81.2 Å². The van der Waals surface area contributed by atoms with E-state index in [9.17, 15) is 4.79 Å². The maximum Gasteiger partial charge on any atom is 0.164 e. The number of carbonyl (C=O) groups is 1. The molecule has 14 heavy (non-hydrogen) atoms. The second kappa shape index (κ2) is 3.41. The molecule has 1 aromatic carbocycles. The summed E-state index contributed by atoms with van der Waals surface area (Å²) in [5, 5.41) is 7.72. The zero-order valence-corrected chi connectivity index (χ0v) is 7.71. The summed E-state index contributed by atoms with van der Waals surface area (Å²) in [5.74, 6) is 0.702. The van der Waals surface area contributed by atoms with E-state index in [4.69, 9.17) is 0 Å².